The smallest absolute Gasteiger partial charge is 0.302 e. The number of nitrogens with zero attached hydrogens (tertiary/aromatic N) is 4. The number of carbonyl (C=O) groups excluding carboxylic acids is 1. The minimum atomic E-state index is -0.282. The number of hydrogen-bond acceptors (Lipinski definition) is 7. The molecule has 8 heteroatoms. The van der Waals surface area contributed by atoms with Crippen LogP contribution in [0.25, 0.3) is 11.2 Å². The van der Waals surface area contributed by atoms with Gasteiger partial charge in [-0.05, 0) is 25.7 Å². The van der Waals surface area contributed by atoms with Gasteiger partial charge < -0.3 is 14.8 Å². The Morgan fingerprint density at radius 1 is 1.28 bits per heavy atom. The number of carbonyl (C=O) groups is 1. The van der Waals surface area contributed by atoms with Gasteiger partial charge in [-0.15, -0.1) is 0 Å². The second-order valence-electron chi connectivity index (χ2n) is 6.76. The molecule has 3 heterocycles. The first-order chi connectivity index (χ1) is 12.2. The van der Waals surface area contributed by atoms with Crippen LogP contribution in [0.5, 0.6) is 0 Å². The lowest BCUT2D eigenvalue weighted by atomic mass is 10.2. The zero-order valence-electron chi connectivity index (χ0n) is 14.4. The molecule has 0 aromatic carbocycles. The molecule has 1 aliphatic carbocycles. The van der Waals surface area contributed by atoms with Crippen molar-refractivity contribution >= 4 is 23.0 Å². The van der Waals surface area contributed by atoms with Crippen LogP contribution in [0.3, 0.4) is 0 Å². The Morgan fingerprint density at radius 3 is 2.92 bits per heavy atom. The molecule has 2 fully saturated rings. The van der Waals surface area contributed by atoms with Crippen LogP contribution in [0, 0.1) is 0 Å². The predicted molar refractivity (Wildman–Crippen MR) is 91.0 cm³/mol. The van der Waals surface area contributed by atoms with E-state index in [1.807, 2.05) is 4.57 Å². The first kappa shape index (κ1) is 16.3. The van der Waals surface area contributed by atoms with E-state index in [-0.39, 0.29) is 18.3 Å². The molecular weight excluding hydrogens is 322 g/mol. The Morgan fingerprint density at radius 2 is 2.12 bits per heavy atom. The molecule has 2 aliphatic rings. The first-order valence-electron chi connectivity index (χ1n) is 8.93. The minimum absolute atomic E-state index is 0.0794. The Bertz CT molecular complexity index is 756. The second-order valence-corrected chi connectivity index (χ2v) is 6.76. The zero-order valence-corrected chi connectivity index (χ0v) is 14.4. The Labute approximate surface area is 145 Å². The molecule has 0 spiro atoms. The van der Waals surface area contributed by atoms with Crippen LogP contribution in [0.1, 0.15) is 51.7 Å². The highest BCUT2D eigenvalue weighted by Crippen LogP contribution is 2.32. The van der Waals surface area contributed by atoms with Crippen LogP contribution in [0.4, 0.5) is 5.82 Å². The first-order valence-corrected chi connectivity index (χ1v) is 8.93. The molecule has 0 unspecified atom stereocenters. The lowest BCUT2D eigenvalue weighted by Gasteiger charge is -2.15. The number of rotatable bonds is 5. The molecule has 2 aromatic heterocycles. The fourth-order valence-electron chi connectivity index (χ4n) is 3.66. The molecule has 25 heavy (non-hydrogen) atoms. The third-order valence-corrected chi connectivity index (χ3v) is 4.92. The second kappa shape index (κ2) is 6.95. The van der Waals surface area contributed by atoms with Gasteiger partial charge in [0.25, 0.3) is 0 Å². The van der Waals surface area contributed by atoms with Crippen molar-refractivity contribution in [2.75, 3.05) is 11.9 Å². The van der Waals surface area contributed by atoms with Crippen molar-refractivity contribution in [2.45, 2.75) is 63.8 Å². The summed E-state index contributed by atoms with van der Waals surface area (Å²) in [7, 11) is 0. The van der Waals surface area contributed by atoms with Crippen LogP contribution in [-0.4, -0.2) is 44.2 Å². The quantitative estimate of drug-likeness (QED) is 0.832. The summed E-state index contributed by atoms with van der Waals surface area (Å²) in [6, 6.07) is 0.471. The van der Waals surface area contributed by atoms with Crippen molar-refractivity contribution in [3.05, 3.63) is 12.7 Å². The van der Waals surface area contributed by atoms with Crippen LogP contribution in [0.2, 0.25) is 0 Å². The van der Waals surface area contributed by atoms with Crippen molar-refractivity contribution in [3.8, 4) is 0 Å². The summed E-state index contributed by atoms with van der Waals surface area (Å²) in [6.45, 7) is 1.70. The van der Waals surface area contributed by atoms with Crippen LogP contribution < -0.4 is 5.32 Å². The van der Waals surface area contributed by atoms with Crippen LogP contribution in [-0.2, 0) is 14.3 Å². The molecule has 0 bridgehead atoms. The van der Waals surface area contributed by atoms with Crippen molar-refractivity contribution in [1.82, 2.24) is 19.5 Å². The van der Waals surface area contributed by atoms with Gasteiger partial charge in [0, 0.05) is 13.0 Å². The van der Waals surface area contributed by atoms with Crippen molar-refractivity contribution in [2.24, 2.45) is 0 Å². The zero-order chi connectivity index (χ0) is 17.2. The molecule has 1 saturated carbocycles. The third kappa shape index (κ3) is 3.44. The van der Waals surface area contributed by atoms with Crippen molar-refractivity contribution in [1.29, 1.82) is 0 Å². The lowest BCUT2D eigenvalue weighted by molar-refractivity contribution is -0.145. The average molecular weight is 345 g/mol. The Balaban J connectivity index is 1.50. The molecule has 8 nitrogen and oxygen atoms in total. The monoisotopic (exact) mass is 345 g/mol. The topological polar surface area (TPSA) is 91.2 Å². The highest BCUT2D eigenvalue weighted by atomic mass is 16.6. The van der Waals surface area contributed by atoms with Gasteiger partial charge in [-0.3, -0.25) is 9.36 Å². The highest BCUT2D eigenvalue weighted by molar-refractivity contribution is 5.82. The van der Waals surface area contributed by atoms with E-state index in [0.717, 1.165) is 29.8 Å². The van der Waals surface area contributed by atoms with Gasteiger partial charge in [0.1, 0.15) is 19.2 Å². The van der Waals surface area contributed by atoms with Crippen molar-refractivity contribution in [3.63, 3.8) is 0 Å². The van der Waals surface area contributed by atoms with E-state index in [1.165, 1.54) is 32.6 Å². The summed E-state index contributed by atoms with van der Waals surface area (Å²) in [5.41, 5.74) is 1.55. The minimum Gasteiger partial charge on any atom is -0.463 e. The van der Waals surface area contributed by atoms with Gasteiger partial charge in [-0.2, -0.15) is 0 Å². The molecular formula is C17H23N5O3. The molecule has 1 aliphatic heterocycles. The summed E-state index contributed by atoms with van der Waals surface area (Å²) in [5, 5.41) is 3.50. The maximum absolute atomic E-state index is 10.9. The van der Waals surface area contributed by atoms with Gasteiger partial charge in [-0.1, -0.05) is 12.8 Å². The van der Waals surface area contributed by atoms with Gasteiger partial charge >= 0.3 is 5.97 Å². The molecule has 0 amide bonds. The molecule has 4 rings (SSSR count). The van der Waals surface area contributed by atoms with Gasteiger partial charge in [-0.25, -0.2) is 15.0 Å². The molecule has 1 saturated heterocycles. The largest absolute Gasteiger partial charge is 0.463 e. The van der Waals surface area contributed by atoms with Crippen LogP contribution in [0.15, 0.2) is 12.7 Å². The number of imidazole rings is 1. The maximum Gasteiger partial charge on any atom is 0.302 e. The number of anilines is 1. The van der Waals surface area contributed by atoms with E-state index < -0.39 is 0 Å². The van der Waals surface area contributed by atoms with Gasteiger partial charge in [0.15, 0.2) is 17.0 Å². The lowest BCUT2D eigenvalue weighted by Crippen LogP contribution is -2.18. The number of nitrogens with one attached hydrogen (secondary N) is 1. The van der Waals surface area contributed by atoms with Crippen LogP contribution >= 0.6 is 0 Å². The summed E-state index contributed by atoms with van der Waals surface area (Å²) < 4.78 is 13.0. The fraction of sp³-hybridized carbons (Fsp3) is 0.647. The van der Waals surface area contributed by atoms with Gasteiger partial charge in [0.2, 0.25) is 0 Å². The average Bonchev–Trinajstić information content (AvgIpc) is 3.33. The highest BCUT2D eigenvalue weighted by Gasteiger charge is 2.29. The summed E-state index contributed by atoms with van der Waals surface area (Å²) in [5.74, 6) is 0.514. The number of esters is 1. The van der Waals surface area contributed by atoms with E-state index in [2.05, 4.69) is 20.3 Å². The molecule has 1 N–H and O–H groups in total. The summed E-state index contributed by atoms with van der Waals surface area (Å²) in [4.78, 5) is 24.2. The number of fused-ring (bicyclic) bond motifs is 1. The number of aromatic nitrogens is 4. The van der Waals surface area contributed by atoms with Gasteiger partial charge in [0.05, 0.1) is 12.4 Å². The van der Waals surface area contributed by atoms with Crippen molar-refractivity contribution < 1.29 is 14.3 Å². The molecule has 2 aromatic rings. The Hall–Kier alpha value is -2.22. The SMILES string of the molecule is CC(=O)OC[C@@H]1CC[C@H](n2cnc3c(NC4CCCC4)ncnc32)O1. The van der Waals surface area contributed by atoms with E-state index in [9.17, 15) is 4.79 Å². The maximum atomic E-state index is 10.9. The summed E-state index contributed by atoms with van der Waals surface area (Å²) in [6.07, 6.45) is 9.68. The summed E-state index contributed by atoms with van der Waals surface area (Å²) >= 11 is 0. The third-order valence-electron chi connectivity index (χ3n) is 4.92. The van der Waals surface area contributed by atoms with E-state index in [0.29, 0.717) is 12.6 Å². The number of ether oxygens (including phenoxy) is 2. The Kier molecular flexibility index (Phi) is 4.52. The fourth-order valence-corrected chi connectivity index (χ4v) is 3.66. The van der Waals surface area contributed by atoms with E-state index in [4.69, 9.17) is 9.47 Å². The standard InChI is InChI=1S/C17H23N5O3/c1-11(23)24-8-13-6-7-14(25-13)22-10-20-15-16(18-9-19-17(15)22)21-12-4-2-3-5-12/h9-10,12-14H,2-8H2,1H3,(H,18,19,21)/t13-,14+/m0/s1. The molecule has 2 atom stereocenters. The normalized spacial score (nSPS) is 24.0. The predicted octanol–water partition coefficient (Wildman–Crippen LogP) is 2.42. The molecule has 0 radical (unpaired) electrons. The molecule has 134 valence electrons. The number of hydrogen-bond donors (Lipinski definition) is 1. The van der Waals surface area contributed by atoms with E-state index >= 15 is 0 Å². The van der Waals surface area contributed by atoms with E-state index in [1.54, 1.807) is 12.7 Å².